The predicted octanol–water partition coefficient (Wildman–Crippen LogP) is 1.42. The van der Waals surface area contributed by atoms with E-state index in [0.717, 1.165) is 10.5 Å². The first kappa shape index (κ1) is 19.0. The van der Waals surface area contributed by atoms with E-state index in [1.54, 1.807) is 25.1 Å². The van der Waals surface area contributed by atoms with E-state index in [0.29, 0.717) is 24.1 Å². The fourth-order valence-corrected chi connectivity index (χ4v) is 4.02. The lowest BCUT2D eigenvalue weighted by Crippen LogP contribution is -2.37. The number of allylic oxidation sites excluding steroid dienone is 2. The van der Waals surface area contributed by atoms with E-state index < -0.39 is 36.7 Å². The van der Waals surface area contributed by atoms with Crippen LogP contribution in [-0.2, 0) is 23.9 Å². The van der Waals surface area contributed by atoms with Gasteiger partial charge in [0.15, 0.2) is 12.4 Å². The summed E-state index contributed by atoms with van der Waals surface area (Å²) in [5.74, 6) is -3.27. The third-order valence-corrected chi connectivity index (χ3v) is 5.74. The molecule has 8 heteroatoms. The fraction of sp³-hybridized carbons (Fsp3) is 0.381. The maximum absolute atomic E-state index is 12.4. The maximum Gasteiger partial charge on any atom is 0.326 e. The minimum atomic E-state index is -0.807. The minimum absolute atomic E-state index is 0.133. The zero-order valence-electron chi connectivity index (χ0n) is 15.8. The smallest absolute Gasteiger partial charge is 0.326 e. The highest BCUT2D eigenvalue weighted by Gasteiger charge is 2.47. The molecule has 1 N–H and O–H groups in total. The predicted molar refractivity (Wildman–Crippen MR) is 101 cm³/mol. The molecule has 2 heterocycles. The second-order valence-corrected chi connectivity index (χ2v) is 7.52. The van der Waals surface area contributed by atoms with E-state index in [-0.39, 0.29) is 23.6 Å². The Morgan fingerprint density at radius 3 is 2.41 bits per heavy atom. The molecule has 0 saturated carbocycles. The number of hydrogen-bond acceptors (Lipinski definition) is 6. The first-order chi connectivity index (χ1) is 13.9. The summed E-state index contributed by atoms with van der Waals surface area (Å²) >= 11 is 0. The standard InChI is InChI=1S/C21H20N2O6/c1-11-15-8-12(6-7-16(15)22-19(11)26)17(24)10-29-18(25)9-23-20(27)13-4-2-3-5-14(13)21(23)28/h2-3,6-8,11,13-14H,4-5,9-10H2,1H3,(H,22,26)/t11-,13-,14+/m0/s1. The summed E-state index contributed by atoms with van der Waals surface area (Å²) in [6, 6.07) is 4.81. The number of rotatable bonds is 5. The number of benzene rings is 1. The van der Waals surface area contributed by atoms with Crippen molar-refractivity contribution in [3.63, 3.8) is 0 Å². The molecule has 3 amide bonds. The summed E-state index contributed by atoms with van der Waals surface area (Å²) in [5.41, 5.74) is 1.71. The number of ketones is 1. The second kappa shape index (κ2) is 7.27. The average molecular weight is 396 g/mol. The van der Waals surface area contributed by atoms with Crippen LogP contribution in [0.4, 0.5) is 5.69 Å². The van der Waals surface area contributed by atoms with Crippen molar-refractivity contribution in [1.82, 2.24) is 4.90 Å². The molecule has 0 aromatic heterocycles. The first-order valence-corrected chi connectivity index (χ1v) is 9.50. The number of ether oxygens (including phenoxy) is 1. The molecule has 3 atom stereocenters. The lowest BCUT2D eigenvalue weighted by Gasteiger charge is -2.14. The Hall–Kier alpha value is -3.29. The van der Waals surface area contributed by atoms with Crippen LogP contribution in [0.15, 0.2) is 30.4 Å². The van der Waals surface area contributed by atoms with Crippen LogP contribution in [-0.4, -0.2) is 47.5 Å². The van der Waals surface area contributed by atoms with Crippen LogP contribution in [0.25, 0.3) is 0 Å². The van der Waals surface area contributed by atoms with Gasteiger partial charge in [0.05, 0.1) is 17.8 Å². The SMILES string of the molecule is C[C@@H]1C(=O)Nc2ccc(C(=O)COC(=O)CN3C(=O)[C@H]4CC=CC[C@H]4C3=O)cc21. The number of amides is 3. The van der Waals surface area contributed by atoms with Crippen molar-refractivity contribution in [1.29, 1.82) is 0 Å². The van der Waals surface area contributed by atoms with Crippen LogP contribution in [0.2, 0.25) is 0 Å². The van der Waals surface area contributed by atoms with Gasteiger partial charge < -0.3 is 10.1 Å². The molecule has 0 spiro atoms. The third kappa shape index (κ3) is 3.35. The number of hydrogen-bond donors (Lipinski definition) is 1. The Morgan fingerprint density at radius 1 is 1.10 bits per heavy atom. The van der Waals surface area contributed by atoms with Crippen LogP contribution >= 0.6 is 0 Å². The highest BCUT2D eigenvalue weighted by atomic mass is 16.5. The molecule has 1 saturated heterocycles. The number of carbonyl (C=O) groups excluding carboxylic acids is 5. The zero-order chi connectivity index (χ0) is 20.7. The molecule has 0 radical (unpaired) electrons. The molecule has 3 aliphatic rings. The van der Waals surface area contributed by atoms with E-state index in [1.807, 2.05) is 12.2 Å². The number of anilines is 1. The number of likely N-dealkylation sites (tertiary alicyclic amines) is 1. The summed E-state index contributed by atoms with van der Waals surface area (Å²) in [6.45, 7) is 0.752. The van der Waals surface area contributed by atoms with Gasteiger partial charge in [0.2, 0.25) is 17.7 Å². The van der Waals surface area contributed by atoms with Crippen LogP contribution in [0.5, 0.6) is 0 Å². The summed E-state index contributed by atoms with van der Waals surface area (Å²) in [7, 11) is 0. The molecular weight excluding hydrogens is 376 g/mol. The van der Waals surface area contributed by atoms with Crippen molar-refractivity contribution in [2.24, 2.45) is 11.8 Å². The van der Waals surface area contributed by atoms with Crippen molar-refractivity contribution in [2.45, 2.75) is 25.7 Å². The van der Waals surface area contributed by atoms with E-state index in [1.165, 1.54) is 0 Å². The van der Waals surface area contributed by atoms with Crippen LogP contribution in [0.1, 0.15) is 41.6 Å². The van der Waals surface area contributed by atoms with Crippen molar-refractivity contribution < 1.29 is 28.7 Å². The highest BCUT2D eigenvalue weighted by molar-refractivity contribution is 6.08. The quantitative estimate of drug-likeness (QED) is 0.349. The van der Waals surface area contributed by atoms with Crippen LogP contribution in [0, 0.1) is 11.8 Å². The van der Waals surface area contributed by atoms with Crippen molar-refractivity contribution >= 4 is 35.2 Å². The molecule has 2 aliphatic heterocycles. The van der Waals surface area contributed by atoms with Crippen LogP contribution < -0.4 is 5.32 Å². The van der Waals surface area contributed by atoms with E-state index in [2.05, 4.69) is 5.32 Å². The van der Waals surface area contributed by atoms with Gasteiger partial charge in [0.25, 0.3) is 0 Å². The number of esters is 1. The second-order valence-electron chi connectivity index (χ2n) is 7.52. The van der Waals surface area contributed by atoms with Gasteiger partial charge in [-0.25, -0.2) is 0 Å². The molecule has 0 unspecified atom stereocenters. The van der Waals surface area contributed by atoms with Crippen molar-refractivity contribution in [3.8, 4) is 0 Å². The zero-order valence-corrected chi connectivity index (χ0v) is 15.8. The topological polar surface area (TPSA) is 110 Å². The lowest BCUT2D eigenvalue weighted by atomic mass is 9.85. The van der Waals surface area contributed by atoms with E-state index >= 15 is 0 Å². The molecular formula is C21H20N2O6. The number of fused-ring (bicyclic) bond motifs is 2. The molecule has 150 valence electrons. The highest BCUT2D eigenvalue weighted by Crippen LogP contribution is 2.35. The molecule has 8 nitrogen and oxygen atoms in total. The first-order valence-electron chi connectivity index (χ1n) is 9.50. The minimum Gasteiger partial charge on any atom is -0.456 e. The number of nitrogens with zero attached hydrogens (tertiary/aromatic N) is 1. The van der Waals surface area contributed by atoms with Gasteiger partial charge in [0.1, 0.15) is 6.54 Å². The fourth-order valence-electron chi connectivity index (χ4n) is 4.02. The van der Waals surface area contributed by atoms with Crippen LogP contribution in [0.3, 0.4) is 0 Å². The van der Waals surface area contributed by atoms with Gasteiger partial charge in [0, 0.05) is 11.3 Å². The third-order valence-electron chi connectivity index (χ3n) is 5.74. The maximum atomic E-state index is 12.4. The molecule has 29 heavy (non-hydrogen) atoms. The van der Waals surface area contributed by atoms with Gasteiger partial charge in [-0.3, -0.25) is 28.9 Å². The molecule has 1 aliphatic carbocycles. The Labute approximate surface area is 166 Å². The Morgan fingerprint density at radius 2 is 1.76 bits per heavy atom. The average Bonchev–Trinajstić information content (AvgIpc) is 3.14. The largest absolute Gasteiger partial charge is 0.456 e. The summed E-state index contributed by atoms with van der Waals surface area (Å²) < 4.78 is 5.00. The molecule has 1 aromatic carbocycles. The lowest BCUT2D eigenvalue weighted by molar-refractivity contribution is -0.152. The van der Waals surface area contributed by atoms with Gasteiger partial charge in [-0.2, -0.15) is 0 Å². The van der Waals surface area contributed by atoms with E-state index in [4.69, 9.17) is 4.74 Å². The molecule has 1 fully saturated rings. The van der Waals surface area contributed by atoms with E-state index in [9.17, 15) is 24.0 Å². The number of carbonyl (C=O) groups is 5. The van der Waals surface area contributed by atoms with Crippen molar-refractivity contribution in [2.75, 3.05) is 18.5 Å². The summed E-state index contributed by atoms with van der Waals surface area (Å²) in [4.78, 5) is 61.9. The number of Topliss-reactive ketones (excluding diaryl/α,β-unsaturated/α-hetero) is 1. The van der Waals surface area contributed by atoms with Gasteiger partial charge in [-0.1, -0.05) is 12.2 Å². The molecule has 1 aromatic rings. The van der Waals surface area contributed by atoms with Gasteiger partial charge in [-0.05, 0) is 43.5 Å². The summed E-state index contributed by atoms with van der Waals surface area (Å²) in [5, 5.41) is 2.72. The Kier molecular flexibility index (Phi) is 4.77. The number of imide groups is 1. The molecule has 0 bridgehead atoms. The Balaban J connectivity index is 1.35. The monoisotopic (exact) mass is 396 g/mol. The normalized spacial score (nSPS) is 24.9. The van der Waals surface area contributed by atoms with Crippen molar-refractivity contribution in [3.05, 3.63) is 41.5 Å². The van der Waals surface area contributed by atoms with Gasteiger partial charge in [-0.15, -0.1) is 0 Å². The Bertz CT molecular complexity index is 940. The van der Waals surface area contributed by atoms with Gasteiger partial charge >= 0.3 is 5.97 Å². The molecule has 4 rings (SSSR count). The number of nitrogens with one attached hydrogen (secondary N) is 1. The summed E-state index contributed by atoms with van der Waals surface area (Å²) in [6.07, 6.45) is 4.72.